The van der Waals surface area contributed by atoms with Gasteiger partial charge in [-0.05, 0) is 36.6 Å². The van der Waals surface area contributed by atoms with E-state index in [9.17, 15) is 4.79 Å². The lowest BCUT2D eigenvalue weighted by Gasteiger charge is -2.34. The smallest absolute Gasteiger partial charge is 0.279 e. The summed E-state index contributed by atoms with van der Waals surface area (Å²) in [5, 5.41) is 3.14. The molecule has 0 atom stereocenters. The van der Waals surface area contributed by atoms with Crippen molar-refractivity contribution < 1.29 is 14.4 Å². The zero-order valence-corrected chi connectivity index (χ0v) is 16.5. The van der Waals surface area contributed by atoms with Gasteiger partial charge >= 0.3 is 0 Å². The number of carbonyl (C=O) groups is 1. The molecule has 1 aliphatic rings. The van der Waals surface area contributed by atoms with Crippen molar-refractivity contribution in [3.8, 4) is 5.75 Å². The van der Waals surface area contributed by atoms with E-state index in [1.807, 2.05) is 37.3 Å². The number of para-hydroxylation sites is 3. The lowest BCUT2D eigenvalue weighted by molar-refractivity contribution is -0.892. The zero-order chi connectivity index (χ0) is 19.2. The van der Waals surface area contributed by atoms with E-state index < -0.39 is 0 Å². The number of amides is 1. The van der Waals surface area contributed by atoms with E-state index in [1.54, 1.807) is 7.11 Å². The Morgan fingerprint density at radius 1 is 1.15 bits per heavy atom. The Morgan fingerprint density at radius 3 is 2.59 bits per heavy atom. The lowest BCUT2D eigenvalue weighted by Crippen LogP contribution is -3.15. The van der Waals surface area contributed by atoms with Crippen molar-refractivity contribution in [3.63, 3.8) is 0 Å². The summed E-state index contributed by atoms with van der Waals surface area (Å²) in [6.45, 7) is 8.42. The number of carbonyl (C=O) groups excluding carboxylic acids is 1. The maximum atomic E-state index is 12.6. The molecule has 2 N–H and O–H groups in total. The maximum absolute atomic E-state index is 12.6. The van der Waals surface area contributed by atoms with Crippen LogP contribution in [0.15, 0.2) is 42.5 Å². The summed E-state index contributed by atoms with van der Waals surface area (Å²) in [4.78, 5) is 16.3. The number of benzene rings is 2. The number of nitrogens with one attached hydrogen (secondary N) is 2. The first-order valence-electron chi connectivity index (χ1n) is 9.72. The third kappa shape index (κ3) is 4.61. The lowest BCUT2D eigenvalue weighted by atomic mass is 10.1. The minimum absolute atomic E-state index is 0.0970. The normalized spacial score (nSPS) is 14.9. The monoisotopic (exact) mass is 368 g/mol. The molecule has 5 heteroatoms. The molecular formula is C22H30N3O2+. The van der Waals surface area contributed by atoms with E-state index in [-0.39, 0.29) is 5.91 Å². The number of nitrogens with zero attached hydrogens (tertiary/aromatic N) is 1. The molecule has 1 aliphatic heterocycles. The number of quaternary nitrogens is 1. The van der Waals surface area contributed by atoms with Crippen LogP contribution in [0.4, 0.5) is 11.4 Å². The summed E-state index contributed by atoms with van der Waals surface area (Å²) in [7, 11) is 1.71. The van der Waals surface area contributed by atoms with E-state index >= 15 is 0 Å². The van der Waals surface area contributed by atoms with Gasteiger partial charge in [0.2, 0.25) is 0 Å². The van der Waals surface area contributed by atoms with Gasteiger partial charge in [0.15, 0.2) is 6.54 Å². The van der Waals surface area contributed by atoms with Crippen molar-refractivity contribution >= 4 is 17.3 Å². The average Bonchev–Trinajstić information content (AvgIpc) is 2.70. The molecule has 0 aromatic heterocycles. The van der Waals surface area contributed by atoms with E-state index in [4.69, 9.17) is 4.74 Å². The number of piperazine rings is 1. The molecule has 0 bridgehead atoms. The van der Waals surface area contributed by atoms with Crippen LogP contribution in [0, 0.1) is 6.92 Å². The van der Waals surface area contributed by atoms with Crippen molar-refractivity contribution in [1.82, 2.24) is 0 Å². The molecule has 1 fully saturated rings. The molecule has 0 unspecified atom stereocenters. The molecule has 2 aromatic carbocycles. The van der Waals surface area contributed by atoms with Crippen molar-refractivity contribution in [2.75, 3.05) is 50.1 Å². The van der Waals surface area contributed by atoms with Gasteiger partial charge in [-0.2, -0.15) is 0 Å². The van der Waals surface area contributed by atoms with Crippen LogP contribution in [0.25, 0.3) is 0 Å². The molecule has 1 heterocycles. The van der Waals surface area contributed by atoms with Gasteiger partial charge in [-0.1, -0.05) is 37.3 Å². The minimum Gasteiger partial charge on any atom is -0.495 e. The summed E-state index contributed by atoms with van der Waals surface area (Å²) < 4.78 is 5.48. The number of hydrogen-bond donors (Lipinski definition) is 2. The highest BCUT2D eigenvalue weighted by atomic mass is 16.5. The summed E-state index contributed by atoms with van der Waals surface area (Å²) in [5.41, 5.74) is 4.44. The van der Waals surface area contributed by atoms with Gasteiger partial charge in [0, 0.05) is 5.69 Å². The first-order valence-corrected chi connectivity index (χ1v) is 9.72. The molecule has 1 saturated heterocycles. The number of aryl methyl sites for hydroxylation is 2. The number of anilines is 2. The summed E-state index contributed by atoms with van der Waals surface area (Å²) in [5.74, 6) is 1.00. The predicted octanol–water partition coefficient (Wildman–Crippen LogP) is 1.91. The molecule has 3 rings (SSSR count). The van der Waals surface area contributed by atoms with Gasteiger partial charge in [0.05, 0.1) is 39.0 Å². The van der Waals surface area contributed by atoms with Gasteiger partial charge in [0.25, 0.3) is 5.91 Å². The molecule has 0 aliphatic carbocycles. The van der Waals surface area contributed by atoms with Crippen LogP contribution in [-0.4, -0.2) is 45.7 Å². The zero-order valence-electron chi connectivity index (χ0n) is 16.5. The molecule has 1 amide bonds. The van der Waals surface area contributed by atoms with E-state index in [0.29, 0.717) is 6.54 Å². The number of hydrogen-bond acceptors (Lipinski definition) is 3. The Balaban J connectivity index is 1.56. The maximum Gasteiger partial charge on any atom is 0.279 e. The molecule has 27 heavy (non-hydrogen) atoms. The second-order valence-electron chi connectivity index (χ2n) is 7.10. The second-order valence-corrected chi connectivity index (χ2v) is 7.10. The first-order chi connectivity index (χ1) is 13.1. The third-order valence-corrected chi connectivity index (χ3v) is 5.31. The van der Waals surface area contributed by atoms with E-state index in [1.165, 1.54) is 10.5 Å². The predicted molar refractivity (Wildman–Crippen MR) is 110 cm³/mol. The van der Waals surface area contributed by atoms with Gasteiger partial charge in [-0.25, -0.2) is 0 Å². The first kappa shape index (κ1) is 19.2. The van der Waals surface area contributed by atoms with Crippen LogP contribution in [0.2, 0.25) is 0 Å². The summed E-state index contributed by atoms with van der Waals surface area (Å²) in [6.07, 6.45) is 0.918. The Morgan fingerprint density at radius 2 is 1.89 bits per heavy atom. The Hall–Kier alpha value is -2.53. The molecule has 144 valence electrons. The second kappa shape index (κ2) is 8.91. The van der Waals surface area contributed by atoms with E-state index in [0.717, 1.165) is 55.3 Å². The molecule has 2 aromatic rings. The van der Waals surface area contributed by atoms with Gasteiger partial charge in [-0.15, -0.1) is 0 Å². The summed E-state index contributed by atoms with van der Waals surface area (Å²) in [6, 6.07) is 14.3. The Bertz CT molecular complexity index is 783. The third-order valence-electron chi connectivity index (χ3n) is 5.31. The van der Waals surface area contributed by atoms with Gasteiger partial charge in [0.1, 0.15) is 5.75 Å². The topological polar surface area (TPSA) is 46.0 Å². The highest BCUT2D eigenvalue weighted by molar-refractivity contribution is 5.93. The Labute approximate surface area is 161 Å². The van der Waals surface area contributed by atoms with Gasteiger partial charge in [-0.3, -0.25) is 4.79 Å². The average molecular weight is 369 g/mol. The fraction of sp³-hybridized carbons (Fsp3) is 0.409. The standard InChI is InChI=1S/C22H29N3O2/c1-4-18-9-7-8-17(2)22(18)23-21(26)16-24-12-14-25(15-13-24)19-10-5-6-11-20(19)27-3/h5-11H,4,12-16H2,1-3H3,(H,23,26)/p+1. The van der Waals surface area contributed by atoms with Crippen LogP contribution >= 0.6 is 0 Å². The van der Waals surface area contributed by atoms with Crippen molar-refractivity contribution in [3.05, 3.63) is 53.6 Å². The van der Waals surface area contributed by atoms with Crippen LogP contribution in [-0.2, 0) is 11.2 Å². The molecular weight excluding hydrogens is 338 g/mol. The van der Waals surface area contributed by atoms with Crippen LogP contribution in [0.1, 0.15) is 18.1 Å². The van der Waals surface area contributed by atoms with Gasteiger partial charge < -0.3 is 19.9 Å². The fourth-order valence-corrected chi connectivity index (χ4v) is 3.74. The highest BCUT2D eigenvalue weighted by Gasteiger charge is 2.24. The highest BCUT2D eigenvalue weighted by Crippen LogP contribution is 2.27. The number of ether oxygens (including phenoxy) is 1. The number of methoxy groups -OCH3 is 1. The largest absolute Gasteiger partial charge is 0.495 e. The van der Waals surface area contributed by atoms with Crippen LogP contribution in [0.3, 0.4) is 0 Å². The molecule has 5 nitrogen and oxygen atoms in total. The number of rotatable bonds is 6. The molecule has 0 radical (unpaired) electrons. The van der Waals surface area contributed by atoms with E-state index in [2.05, 4.69) is 29.3 Å². The van der Waals surface area contributed by atoms with Crippen molar-refractivity contribution in [2.24, 2.45) is 0 Å². The molecule has 0 spiro atoms. The van der Waals surface area contributed by atoms with Crippen molar-refractivity contribution in [1.29, 1.82) is 0 Å². The van der Waals surface area contributed by atoms with Crippen molar-refractivity contribution in [2.45, 2.75) is 20.3 Å². The Kier molecular flexibility index (Phi) is 6.35. The SMILES string of the molecule is CCc1cccc(C)c1NC(=O)C[NH+]1CCN(c2ccccc2OC)CC1. The van der Waals surface area contributed by atoms with Crippen LogP contribution < -0.4 is 19.9 Å². The minimum atomic E-state index is 0.0970. The summed E-state index contributed by atoms with van der Waals surface area (Å²) >= 11 is 0. The molecule has 0 saturated carbocycles. The quantitative estimate of drug-likeness (QED) is 0.819. The fourth-order valence-electron chi connectivity index (χ4n) is 3.74. The van der Waals surface area contributed by atoms with Crippen LogP contribution in [0.5, 0.6) is 5.75 Å².